The summed E-state index contributed by atoms with van der Waals surface area (Å²) in [6.45, 7) is 6.77. The van der Waals surface area contributed by atoms with Crippen LogP contribution in [0.5, 0.6) is 11.8 Å². The van der Waals surface area contributed by atoms with Crippen molar-refractivity contribution in [3.8, 4) is 17.8 Å². The number of anilines is 1. The number of likely N-dealkylation sites (tertiary alicyclic amines) is 1. The Bertz CT molecular complexity index is 1290. The number of aromatic hydroxyl groups is 1. The molecule has 5 rings (SSSR count). The van der Waals surface area contributed by atoms with Crippen molar-refractivity contribution in [2.75, 3.05) is 44.7 Å². The number of aromatic nitrogens is 2. The largest absolute Gasteiger partial charge is 0.508 e. The molecule has 214 valence electrons. The number of carbonyl (C=O) groups excluding carboxylic acids is 1. The van der Waals surface area contributed by atoms with Crippen molar-refractivity contribution in [3.05, 3.63) is 40.0 Å². The molecule has 0 radical (unpaired) electrons. The summed E-state index contributed by atoms with van der Waals surface area (Å²) in [7, 11) is 2.12. The molecule has 10 nitrogen and oxygen atoms in total. The summed E-state index contributed by atoms with van der Waals surface area (Å²) in [5.74, 6) is 0.968. The van der Waals surface area contributed by atoms with Gasteiger partial charge in [-0.15, -0.1) is 0 Å². The van der Waals surface area contributed by atoms with E-state index < -0.39 is 0 Å². The first-order valence-corrected chi connectivity index (χ1v) is 15.0. The van der Waals surface area contributed by atoms with Crippen LogP contribution in [-0.4, -0.2) is 92.4 Å². The van der Waals surface area contributed by atoms with E-state index in [0.717, 1.165) is 42.0 Å². The molecule has 2 unspecified atom stereocenters. The van der Waals surface area contributed by atoms with Gasteiger partial charge in [0, 0.05) is 55.9 Å². The summed E-state index contributed by atoms with van der Waals surface area (Å²) in [6.07, 6.45) is 2.49. The minimum atomic E-state index is -0.310. The maximum Gasteiger partial charge on any atom is 0.318 e. The third-order valence-electron chi connectivity index (χ3n) is 8.04. The first-order valence-electron chi connectivity index (χ1n) is 13.7. The first-order chi connectivity index (χ1) is 19.2. The normalized spacial score (nSPS) is 22.3. The SMILES string of the molecule is CC(Br)C(=O)N1CCN(c2nc(OCC3CCCN3C)nc3c2CN(Cc2cc(O)ccc2Cl)C3)C[C@@H]1CC#N. The molecule has 4 heterocycles. The van der Waals surface area contributed by atoms with E-state index in [1.165, 1.54) is 0 Å². The Hall–Kier alpha value is -2.65. The van der Waals surface area contributed by atoms with Crippen molar-refractivity contribution >= 4 is 39.3 Å². The molecule has 2 saturated heterocycles. The van der Waals surface area contributed by atoms with E-state index in [-0.39, 0.29) is 28.9 Å². The maximum absolute atomic E-state index is 12.8. The second-order valence-corrected chi connectivity index (χ2v) is 12.7. The van der Waals surface area contributed by atoms with Gasteiger partial charge < -0.3 is 24.5 Å². The van der Waals surface area contributed by atoms with Crippen LogP contribution in [0, 0.1) is 11.3 Å². The van der Waals surface area contributed by atoms with Gasteiger partial charge in [-0.2, -0.15) is 15.2 Å². The zero-order valence-corrected chi connectivity index (χ0v) is 25.2. The van der Waals surface area contributed by atoms with E-state index in [0.29, 0.717) is 63.0 Å². The first kappa shape index (κ1) is 28.9. The van der Waals surface area contributed by atoms with Gasteiger partial charge in [0.05, 0.1) is 29.1 Å². The number of halogens is 2. The van der Waals surface area contributed by atoms with Crippen molar-refractivity contribution < 1.29 is 14.6 Å². The van der Waals surface area contributed by atoms with Crippen LogP contribution < -0.4 is 9.64 Å². The topological polar surface area (TPSA) is 109 Å². The maximum atomic E-state index is 12.8. The van der Waals surface area contributed by atoms with Crippen LogP contribution in [0.1, 0.15) is 43.0 Å². The number of carbonyl (C=O) groups is 1. The average Bonchev–Trinajstić information content (AvgIpc) is 3.53. The summed E-state index contributed by atoms with van der Waals surface area (Å²) >= 11 is 9.82. The van der Waals surface area contributed by atoms with Crippen LogP contribution in [0.2, 0.25) is 5.02 Å². The second-order valence-electron chi connectivity index (χ2n) is 10.9. The van der Waals surface area contributed by atoms with Gasteiger partial charge in [-0.1, -0.05) is 27.5 Å². The lowest BCUT2D eigenvalue weighted by molar-refractivity contribution is -0.132. The van der Waals surface area contributed by atoms with Gasteiger partial charge in [0.1, 0.15) is 18.2 Å². The molecule has 0 aliphatic carbocycles. The van der Waals surface area contributed by atoms with Gasteiger partial charge in [-0.25, -0.2) is 0 Å². The molecule has 2 fully saturated rings. The number of hydrogen-bond acceptors (Lipinski definition) is 9. The zero-order valence-electron chi connectivity index (χ0n) is 22.9. The number of ether oxygens (including phenoxy) is 1. The number of fused-ring (bicyclic) bond motifs is 1. The molecule has 1 N–H and O–H groups in total. The fraction of sp³-hybridized carbons (Fsp3) is 0.571. The van der Waals surface area contributed by atoms with Gasteiger partial charge in [-0.05, 0) is 57.1 Å². The molecule has 40 heavy (non-hydrogen) atoms. The molecule has 2 aromatic rings. The molecule has 3 aliphatic rings. The van der Waals surface area contributed by atoms with Crippen LogP contribution in [0.3, 0.4) is 0 Å². The molecule has 0 spiro atoms. The Morgan fingerprint density at radius 3 is 2.83 bits per heavy atom. The van der Waals surface area contributed by atoms with Crippen LogP contribution >= 0.6 is 27.5 Å². The van der Waals surface area contributed by atoms with E-state index in [1.807, 2.05) is 11.8 Å². The van der Waals surface area contributed by atoms with Crippen molar-refractivity contribution in [1.82, 2.24) is 24.7 Å². The van der Waals surface area contributed by atoms with Crippen LogP contribution in [0.4, 0.5) is 5.82 Å². The van der Waals surface area contributed by atoms with Crippen LogP contribution in [0.15, 0.2) is 18.2 Å². The average molecular weight is 633 g/mol. The summed E-state index contributed by atoms with van der Waals surface area (Å²) < 4.78 is 6.18. The van der Waals surface area contributed by atoms with Crippen molar-refractivity contribution in [2.24, 2.45) is 0 Å². The van der Waals surface area contributed by atoms with Gasteiger partial charge in [0.25, 0.3) is 0 Å². The third-order valence-corrected chi connectivity index (χ3v) is 8.80. The standard InChI is InChI=1S/C28H35BrClN7O3/c1-18(29)27(39)37-11-10-36(14-20(37)7-8-31)26-23-15-35(13-19-12-22(38)5-6-24(19)30)16-25(23)32-28(33-26)40-17-21-4-3-9-34(21)2/h5-6,12,18,20-21,38H,3-4,7,9-11,13-17H2,1-2H3/t18?,20-,21?/m0/s1. The van der Waals surface area contributed by atoms with E-state index in [2.05, 4.69) is 43.7 Å². The number of rotatable bonds is 8. The molecule has 0 saturated carbocycles. The Morgan fingerprint density at radius 1 is 1.27 bits per heavy atom. The highest BCUT2D eigenvalue weighted by atomic mass is 79.9. The smallest absolute Gasteiger partial charge is 0.318 e. The van der Waals surface area contributed by atoms with E-state index in [1.54, 1.807) is 18.2 Å². The molecule has 3 atom stereocenters. The number of phenolic OH excluding ortho intramolecular Hbond substituents is 1. The zero-order chi connectivity index (χ0) is 28.4. The van der Waals surface area contributed by atoms with Crippen LogP contribution in [0.25, 0.3) is 0 Å². The lowest BCUT2D eigenvalue weighted by atomic mass is 10.1. The van der Waals surface area contributed by atoms with Crippen molar-refractivity contribution in [1.29, 1.82) is 5.26 Å². The number of alkyl halides is 1. The van der Waals surface area contributed by atoms with E-state index >= 15 is 0 Å². The van der Waals surface area contributed by atoms with Gasteiger partial charge >= 0.3 is 6.01 Å². The summed E-state index contributed by atoms with van der Waals surface area (Å²) in [5.41, 5.74) is 2.77. The van der Waals surface area contributed by atoms with E-state index in [4.69, 9.17) is 26.3 Å². The quantitative estimate of drug-likeness (QED) is 0.437. The lowest BCUT2D eigenvalue weighted by Gasteiger charge is -2.42. The number of benzene rings is 1. The number of amides is 1. The van der Waals surface area contributed by atoms with Crippen molar-refractivity contribution in [3.63, 3.8) is 0 Å². The third kappa shape index (κ3) is 6.30. The Morgan fingerprint density at radius 2 is 2.10 bits per heavy atom. The van der Waals surface area contributed by atoms with E-state index in [9.17, 15) is 15.2 Å². The molecule has 0 bridgehead atoms. The van der Waals surface area contributed by atoms with Crippen LogP contribution in [-0.2, 0) is 24.4 Å². The molecule has 12 heteroatoms. The van der Waals surface area contributed by atoms with Crippen molar-refractivity contribution in [2.45, 2.75) is 62.7 Å². The van der Waals surface area contributed by atoms with Gasteiger partial charge in [0.15, 0.2) is 0 Å². The molecule has 3 aliphatic heterocycles. The number of phenols is 1. The van der Waals surface area contributed by atoms with Gasteiger partial charge in [-0.3, -0.25) is 9.69 Å². The molecule has 1 aromatic carbocycles. The highest BCUT2D eigenvalue weighted by Gasteiger charge is 2.36. The predicted octanol–water partition coefficient (Wildman–Crippen LogP) is 3.54. The second kappa shape index (κ2) is 12.5. The minimum absolute atomic E-state index is 0.00769. The van der Waals surface area contributed by atoms with Gasteiger partial charge in [0.2, 0.25) is 5.91 Å². The molecular formula is C28H35BrClN7O3. The Labute approximate surface area is 248 Å². The molecular weight excluding hydrogens is 598 g/mol. The Kier molecular flexibility index (Phi) is 9.00. The summed E-state index contributed by atoms with van der Waals surface area (Å²) in [4.78, 5) is 30.8. The Balaban J connectivity index is 1.41. The highest BCUT2D eigenvalue weighted by Crippen LogP contribution is 2.35. The number of piperazine rings is 1. The lowest BCUT2D eigenvalue weighted by Crippen LogP contribution is -2.56. The monoisotopic (exact) mass is 631 g/mol. The molecule has 1 amide bonds. The number of hydrogen-bond donors (Lipinski definition) is 1. The highest BCUT2D eigenvalue weighted by molar-refractivity contribution is 9.10. The fourth-order valence-electron chi connectivity index (χ4n) is 5.85. The summed E-state index contributed by atoms with van der Waals surface area (Å²) in [5, 5.41) is 20.1. The fourth-order valence-corrected chi connectivity index (χ4v) is 6.29. The number of likely N-dealkylation sites (N-methyl/N-ethyl adjacent to an activating group) is 1. The predicted molar refractivity (Wildman–Crippen MR) is 156 cm³/mol. The number of nitrogens with zero attached hydrogens (tertiary/aromatic N) is 7. The summed E-state index contributed by atoms with van der Waals surface area (Å²) in [6, 6.07) is 7.69. The number of nitriles is 1. The molecule has 1 aromatic heterocycles. The minimum Gasteiger partial charge on any atom is -0.508 e.